The highest BCUT2D eigenvalue weighted by Crippen LogP contribution is 2.51. The zero-order valence-corrected chi connectivity index (χ0v) is 17.6. The number of methoxy groups -OCH3 is 1. The van der Waals surface area contributed by atoms with Crippen LogP contribution in [-0.2, 0) is 14.9 Å². The maximum absolute atomic E-state index is 13.0. The second kappa shape index (κ2) is 8.89. The Kier molecular flexibility index (Phi) is 6.73. The Hall–Kier alpha value is -1.50. The zero-order valence-electron chi connectivity index (χ0n) is 16.8. The van der Waals surface area contributed by atoms with Crippen LogP contribution in [0.1, 0.15) is 49.8 Å². The van der Waals surface area contributed by atoms with Crippen molar-refractivity contribution in [2.75, 3.05) is 46.6 Å². The van der Waals surface area contributed by atoms with Gasteiger partial charge in [0, 0.05) is 25.6 Å². The summed E-state index contributed by atoms with van der Waals surface area (Å²) in [6, 6.07) is 4.36. The lowest BCUT2D eigenvalue weighted by molar-refractivity contribution is -0.134. The van der Waals surface area contributed by atoms with Crippen LogP contribution in [0.5, 0.6) is 11.5 Å². The van der Waals surface area contributed by atoms with E-state index in [1.54, 1.807) is 7.11 Å². The molecule has 0 radical (unpaired) electrons. The number of carbonyl (C=O) groups excluding carboxylic acids is 1. The second-order valence-corrected chi connectivity index (χ2v) is 7.94. The zero-order chi connectivity index (χ0) is 18.9. The van der Waals surface area contributed by atoms with Crippen LogP contribution in [0.15, 0.2) is 12.1 Å². The number of ether oxygens (including phenoxy) is 3. The Morgan fingerprint density at radius 2 is 1.93 bits per heavy atom. The van der Waals surface area contributed by atoms with Crippen molar-refractivity contribution in [1.29, 1.82) is 0 Å². The Labute approximate surface area is 173 Å². The summed E-state index contributed by atoms with van der Waals surface area (Å²) in [5, 5.41) is 3.20. The van der Waals surface area contributed by atoms with Gasteiger partial charge in [-0.1, -0.05) is 12.8 Å². The van der Waals surface area contributed by atoms with E-state index in [0.29, 0.717) is 32.9 Å². The van der Waals surface area contributed by atoms with E-state index in [0.717, 1.165) is 30.9 Å². The number of nitrogens with zero attached hydrogens (tertiary/aromatic N) is 1. The van der Waals surface area contributed by atoms with E-state index in [9.17, 15) is 4.79 Å². The highest BCUT2D eigenvalue weighted by Gasteiger charge is 2.46. The highest BCUT2D eigenvalue weighted by atomic mass is 35.5. The molecule has 1 fully saturated rings. The fourth-order valence-corrected chi connectivity index (χ4v) is 4.88. The summed E-state index contributed by atoms with van der Waals surface area (Å²) in [5.74, 6) is 1.83. The average Bonchev–Trinajstić information content (AvgIpc) is 3.16. The normalized spacial score (nSPS) is 21.9. The monoisotopic (exact) mass is 410 g/mol. The van der Waals surface area contributed by atoms with Crippen LogP contribution < -0.4 is 14.8 Å². The van der Waals surface area contributed by atoms with E-state index >= 15 is 0 Å². The Bertz CT molecular complexity index is 706. The molecule has 1 N–H and O–H groups in total. The molecule has 28 heavy (non-hydrogen) atoms. The molecule has 2 aliphatic heterocycles. The molecule has 0 bridgehead atoms. The van der Waals surface area contributed by atoms with Gasteiger partial charge in [-0.25, -0.2) is 0 Å². The molecule has 7 heteroatoms. The van der Waals surface area contributed by atoms with Crippen molar-refractivity contribution in [1.82, 2.24) is 10.2 Å². The molecule has 2 heterocycles. The van der Waals surface area contributed by atoms with Crippen LogP contribution in [0.4, 0.5) is 0 Å². The average molecular weight is 411 g/mol. The van der Waals surface area contributed by atoms with E-state index in [1.807, 2.05) is 0 Å². The maximum atomic E-state index is 13.0. The molecule has 6 nitrogen and oxygen atoms in total. The number of hydrogen-bond donors (Lipinski definition) is 1. The van der Waals surface area contributed by atoms with Gasteiger partial charge in [0.25, 0.3) is 0 Å². The summed E-state index contributed by atoms with van der Waals surface area (Å²) in [7, 11) is 1.67. The summed E-state index contributed by atoms with van der Waals surface area (Å²) < 4.78 is 16.7. The number of hydrogen-bond acceptors (Lipinski definition) is 5. The molecule has 1 aromatic rings. The van der Waals surface area contributed by atoms with Crippen molar-refractivity contribution < 1.29 is 19.0 Å². The molecule has 1 saturated carbocycles. The number of nitrogens with one attached hydrogen (secondary N) is 1. The first-order valence-electron chi connectivity index (χ1n) is 10.1. The summed E-state index contributed by atoms with van der Waals surface area (Å²) in [4.78, 5) is 15.0. The van der Waals surface area contributed by atoms with Gasteiger partial charge in [-0.05, 0) is 43.0 Å². The molecule has 1 unspecified atom stereocenters. The minimum Gasteiger partial charge on any atom is -0.486 e. The fourth-order valence-electron chi connectivity index (χ4n) is 4.88. The van der Waals surface area contributed by atoms with Crippen molar-refractivity contribution in [2.45, 2.75) is 44.1 Å². The lowest BCUT2D eigenvalue weighted by atomic mass is 9.71. The lowest BCUT2D eigenvalue weighted by Crippen LogP contribution is -2.51. The van der Waals surface area contributed by atoms with Gasteiger partial charge >= 0.3 is 0 Å². The fraction of sp³-hybridized carbons (Fsp3) is 0.667. The first-order valence-corrected chi connectivity index (χ1v) is 10.1. The SMILES string of the molecule is COCCNCC(=O)N1CC2(CCCC2)c2cc3c(cc2C1C)OCCO3.Cl. The first-order chi connectivity index (χ1) is 13.1. The van der Waals surface area contributed by atoms with Crippen molar-refractivity contribution in [3.63, 3.8) is 0 Å². The molecule has 1 amide bonds. The smallest absolute Gasteiger partial charge is 0.237 e. The molecule has 1 spiro atoms. The molecule has 1 aromatic carbocycles. The van der Waals surface area contributed by atoms with Gasteiger partial charge in [0.2, 0.25) is 5.91 Å². The topological polar surface area (TPSA) is 60.0 Å². The van der Waals surface area contributed by atoms with Gasteiger partial charge < -0.3 is 24.4 Å². The third-order valence-corrected chi connectivity index (χ3v) is 6.32. The summed E-state index contributed by atoms with van der Waals surface area (Å²) in [6.07, 6.45) is 4.70. The Morgan fingerprint density at radius 3 is 2.61 bits per heavy atom. The molecular formula is C21H31ClN2O4. The standard InChI is InChI=1S/C21H30N2O4.ClH/c1-15-16-11-18-19(27-10-9-26-18)12-17(16)21(5-3-4-6-21)14-23(15)20(24)13-22-7-8-25-2;/h11-12,15,22H,3-10,13-14H2,1-2H3;1H. The van der Waals surface area contributed by atoms with Crippen LogP contribution in [-0.4, -0.2) is 57.4 Å². The second-order valence-electron chi connectivity index (χ2n) is 7.94. The van der Waals surface area contributed by atoms with Crippen LogP contribution in [0.2, 0.25) is 0 Å². The predicted octanol–water partition coefficient (Wildman–Crippen LogP) is 2.83. The summed E-state index contributed by atoms with van der Waals surface area (Å²) in [5.41, 5.74) is 2.64. The first kappa shape index (κ1) is 21.2. The Morgan fingerprint density at radius 1 is 1.25 bits per heavy atom. The number of halogens is 1. The molecule has 0 aromatic heterocycles. The number of benzene rings is 1. The number of carbonyl (C=O) groups is 1. The van der Waals surface area contributed by atoms with Crippen molar-refractivity contribution >= 4 is 18.3 Å². The molecule has 0 saturated heterocycles. The van der Waals surface area contributed by atoms with E-state index in [1.165, 1.54) is 24.0 Å². The number of fused-ring (bicyclic) bond motifs is 3. The predicted molar refractivity (Wildman–Crippen MR) is 110 cm³/mol. The Balaban J connectivity index is 0.00000225. The summed E-state index contributed by atoms with van der Waals surface area (Å²) >= 11 is 0. The van der Waals surface area contributed by atoms with Crippen molar-refractivity contribution in [3.05, 3.63) is 23.3 Å². The van der Waals surface area contributed by atoms with Crippen LogP contribution in [0.25, 0.3) is 0 Å². The van der Waals surface area contributed by atoms with Gasteiger partial charge in [-0.2, -0.15) is 0 Å². The molecular weight excluding hydrogens is 380 g/mol. The quantitative estimate of drug-likeness (QED) is 0.756. The molecule has 156 valence electrons. The van der Waals surface area contributed by atoms with Crippen molar-refractivity contribution in [3.8, 4) is 11.5 Å². The summed E-state index contributed by atoms with van der Waals surface area (Å²) in [6.45, 7) is 5.76. The van der Waals surface area contributed by atoms with Crippen LogP contribution in [0, 0.1) is 0 Å². The van der Waals surface area contributed by atoms with Crippen molar-refractivity contribution in [2.24, 2.45) is 0 Å². The number of rotatable bonds is 5. The van der Waals surface area contributed by atoms with E-state index in [-0.39, 0.29) is 29.8 Å². The van der Waals surface area contributed by atoms with E-state index in [4.69, 9.17) is 14.2 Å². The minimum absolute atomic E-state index is 0. The number of amides is 1. The van der Waals surface area contributed by atoms with Gasteiger partial charge in [-0.15, -0.1) is 12.4 Å². The third-order valence-electron chi connectivity index (χ3n) is 6.32. The van der Waals surface area contributed by atoms with Crippen LogP contribution in [0.3, 0.4) is 0 Å². The maximum Gasteiger partial charge on any atom is 0.237 e. The molecule has 3 aliphatic rings. The largest absolute Gasteiger partial charge is 0.486 e. The van der Waals surface area contributed by atoms with Gasteiger partial charge in [-0.3, -0.25) is 4.79 Å². The highest BCUT2D eigenvalue weighted by molar-refractivity contribution is 5.85. The molecule has 1 atom stereocenters. The van der Waals surface area contributed by atoms with Gasteiger partial charge in [0.15, 0.2) is 11.5 Å². The van der Waals surface area contributed by atoms with E-state index in [2.05, 4.69) is 29.3 Å². The minimum atomic E-state index is 0. The molecule has 4 rings (SSSR count). The van der Waals surface area contributed by atoms with Gasteiger partial charge in [0.05, 0.1) is 19.2 Å². The third kappa shape index (κ3) is 3.82. The lowest BCUT2D eigenvalue weighted by Gasteiger charge is -2.46. The van der Waals surface area contributed by atoms with Gasteiger partial charge in [0.1, 0.15) is 13.2 Å². The van der Waals surface area contributed by atoms with Crippen LogP contribution >= 0.6 is 12.4 Å². The molecule has 1 aliphatic carbocycles. The van der Waals surface area contributed by atoms with E-state index < -0.39 is 0 Å².